The van der Waals surface area contributed by atoms with Crippen molar-refractivity contribution in [2.24, 2.45) is 11.8 Å². The van der Waals surface area contributed by atoms with Crippen LogP contribution in [-0.4, -0.2) is 13.2 Å². The fourth-order valence-electron chi connectivity index (χ4n) is 2.76. The lowest BCUT2D eigenvalue weighted by molar-refractivity contribution is 0.390. The van der Waals surface area contributed by atoms with E-state index in [4.69, 9.17) is 4.74 Å². The van der Waals surface area contributed by atoms with Crippen molar-refractivity contribution in [3.8, 4) is 5.75 Å². The van der Waals surface area contributed by atoms with Gasteiger partial charge in [-0.15, -0.1) is 0 Å². The predicted octanol–water partition coefficient (Wildman–Crippen LogP) is 3.53. The normalized spacial score (nSPS) is 22.6. The van der Waals surface area contributed by atoms with Gasteiger partial charge in [-0.3, -0.25) is 0 Å². The monoisotopic (exact) mass is 245 g/mol. The summed E-state index contributed by atoms with van der Waals surface area (Å²) >= 11 is 0. The fraction of sp³-hybridized carbons (Fsp3) is 0.625. The zero-order valence-electron chi connectivity index (χ0n) is 11.4. The molecule has 0 aromatic heterocycles. The number of hydrogen-bond acceptors (Lipinski definition) is 2. The van der Waals surface area contributed by atoms with E-state index < -0.39 is 0 Å². The molecule has 2 fully saturated rings. The topological polar surface area (TPSA) is 21.3 Å². The molecule has 2 aliphatic carbocycles. The highest BCUT2D eigenvalue weighted by atomic mass is 16.5. The Hall–Kier alpha value is -1.02. The van der Waals surface area contributed by atoms with E-state index >= 15 is 0 Å². The summed E-state index contributed by atoms with van der Waals surface area (Å²) in [4.78, 5) is 0. The van der Waals surface area contributed by atoms with Crippen molar-refractivity contribution < 1.29 is 4.74 Å². The molecule has 0 spiro atoms. The van der Waals surface area contributed by atoms with Gasteiger partial charge in [0.2, 0.25) is 0 Å². The summed E-state index contributed by atoms with van der Waals surface area (Å²) in [7, 11) is 1.72. The number of benzene rings is 1. The van der Waals surface area contributed by atoms with Crippen molar-refractivity contribution in [3.05, 3.63) is 29.8 Å². The van der Waals surface area contributed by atoms with Crippen LogP contribution in [0.4, 0.5) is 0 Å². The average Bonchev–Trinajstić information content (AvgIpc) is 3.28. The number of methoxy groups -OCH3 is 1. The lowest BCUT2D eigenvalue weighted by Crippen LogP contribution is -2.33. The summed E-state index contributed by atoms with van der Waals surface area (Å²) in [5.74, 6) is 2.72. The van der Waals surface area contributed by atoms with Crippen molar-refractivity contribution >= 4 is 0 Å². The fourth-order valence-corrected chi connectivity index (χ4v) is 2.76. The highest BCUT2D eigenvalue weighted by molar-refractivity contribution is 5.30. The van der Waals surface area contributed by atoms with Crippen molar-refractivity contribution in [2.45, 2.75) is 44.7 Å². The standard InChI is InChI=1S/C16H23NO/c1-11(12-3-4-12)17-16(13-5-6-13)14-7-9-15(18-2)10-8-14/h7-13,16-17H,3-6H2,1-2H3. The molecule has 1 N–H and O–H groups in total. The molecule has 1 aromatic carbocycles. The van der Waals surface area contributed by atoms with Gasteiger partial charge in [0.1, 0.15) is 5.75 Å². The molecule has 0 amide bonds. The van der Waals surface area contributed by atoms with Crippen molar-refractivity contribution in [1.82, 2.24) is 5.32 Å². The molecule has 98 valence electrons. The molecule has 0 aliphatic heterocycles. The van der Waals surface area contributed by atoms with E-state index in [2.05, 4.69) is 36.5 Å². The SMILES string of the molecule is COc1ccc(C(NC(C)C2CC2)C2CC2)cc1. The number of ether oxygens (including phenoxy) is 1. The minimum atomic E-state index is 0.548. The Kier molecular flexibility index (Phi) is 3.29. The lowest BCUT2D eigenvalue weighted by Gasteiger charge is -2.24. The Bertz CT molecular complexity index is 392. The van der Waals surface area contributed by atoms with E-state index in [0.717, 1.165) is 17.6 Å². The molecular weight excluding hydrogens is 222 g/mol. The largest absolute Gasteiger partial charge is 0.497 e. The Morgan fingerprint density at radius 3 is 2.17 bits per heavy atom. The van der Waals surface area contributed by atoms with Crippen molar-refractivity contribution in [1.29, 1.82) is 0 Å². The average molecular weight is 245 g/mol. The molecule has 2 heteroatoms. The van der Waals surface area contributed by atoms with Gasteiger partial charge in [0.05, 0.1) is 7.11 Å². The summed E-state index contributed by atoms with van der Waals surface area (Å²) in [5.41, 5.74) is 1.42. The molecular formula is C16H23NO. The van der Waals surface area contributed by atoms with Gasteiger partial charge in [-0.25, -0.2) is 0 Å². The van der Waals surface area contributed by atoms with Crippen LogP contribution in [0, 0.1) is 11.8 Å². The second-order valence-corrected chi connectivity index (χ2v) is 5.88. The molecule has 1 aromatic rings. The number of rotatable bonds is 6. The van der Waals surface area contributed by atoms with Crippen LogP contribution in [0.2, 0.25) is 0 Å². The second kappa shape index (κ2) is 4.93. The summed E-state index contributed by atoms with van der Waals surface area (Å²) in [6.45, 7) is 2.34. The van der Waals surface area contributed by atoms with Crippen LogP contribution in [0.3, 0.4) is 0 Å². The summed E-state index contributed by atoms with van der Waals surface area (Å²) in [5, 5.41) is 3.85. The smallest absolute Gasteiger partial charge is 0.118 e. The first-order valence-corrected chi connectivity index (χ1v) is 7.18. The Labute approximate surface area is 110 Å². The van der Waals surface area contributed by atoms with Crippen LogP contribution in [0.15, 0.2) is 24.3 Å². The van der Waals surface area contributed by atoms with Gasteiger partial charge in [-0.2, -0.15) is 0 Å². The highest BCUT2D eigenvalue weighted by Crippen LogP contribution is 2.43. The van der Waals surface area contributed by atoms with Crippen LogP contribution in [0.1, 0.15) is 44.2 Å². The number of hydrogen-bond donors (Lipinski definition) is 1. The van der Waals surface area contributed by atoms with Crippen LogP contribution < -0.4 is 10.1 Å². The maximum absolute atomic E-state index is 5.23. The molecule has 3 rings (SSSR count). The van der Waals surface area contributed by atoms with Crippen molar-refractivity contribution in [3.63, 3.8) is 0 Å². The molecule has 0 heterocycles. The van der Waals surface area contributed by atoms with Gasteiger partial charge < -0.3 is 10.1 Å². The minimum Gasteiger partial charge on any atom is -0.497 e. The third-order valence-electron chi connectivity index (χ3n) is 4.34. The van der Waals surface area contributed by atoms with Gasteiger partial charge in [0.25, 0.3) is 0 Å². The summed E-state index contributed by atoms with van der Waals surface area (Å²) in [6.07, 6.45) is 5.57. The lowest BCUT2D eigenvalue weighted by atomic mass is 10.0. The maximum Gasteiger partial charge on any atom is 0.118 e. The molecule has 0 radical (unpaired) electrons. The van der Waals surface area contributed by atoms with E-state index in [1.54, 1.807) is 7.11 Å². The van der Waals surface area contributed by atoms with Gasteiger partial charge in [0.15, 0.2) is 0 Å². The van der Waals surface area contributed by atoms with E-state index in [9.17, 15) is 0 Å². The Morgan fingerprint density at radius 2 is 1.67 bits per heavy atom. The molecule has 18 heavy (non-hydrogen) atoms. The van der Waals surface area contributed by atoms with Crippen LogP contribution in [0.25, 0.3) is 0 Å². The number of nitrogens with one attached hydrogen (secondary N) is 1. The third kappa shape index (κ3) is 2.69. The van der Waals surface area contributed by atoms with E-state index in [-0.39, 0.29) is 0 Å². The molecule has 2 atom stereocenters. The third-order valence-corrected chi connectivity index (χ3v) is 4.34. The van der Waals surface area contributed by atoms with Gasteiger partial charge in [0, 0.05) is 12.1 Å². The molecule has 2 unspecified atom stereocenters. The van der Waals surface area contributed by atoms with E-state index in [1.807, 2.05) is 0 Å². The van der Waals surface area contributed by atoms with Gasteiger partial charge in [-0.1, -0.05) is 12.1 Å². The van der Waals surface area contributed by atoms with E-state index in [1.165, 1.54) is 31.2 Å². The first-order valence-electron chi connectivity index (χ1n) is 7.18. The molecule has 2 aliphatic rings. The van der Waals surface area contributed by atoms with Crippen LogP contribution in [0.5, 0.6) is 5.75 Å². The summed E-state index contributed by atoms with van der Waals surface area (Å²) < 4.78 is 5.23. The van der Waals surface area contributed by atoms with Crippen molar-refractivity contribution in [2.75, 3.05) is 7.11 Å². The Balaban J connectivity index is 1.71. The van der Waals surface area contributed by atoms with Crippen LogP contribution >= 0.6 is 0 Å². The van der Waals surface area contributed by atoms with Gasteiger partial charge in [-0.05, 0) is 62.1 Å². The first-order chi connectivity index (χ1) is 8.78. The molecule has 0 bridgehead atoms. The first kappa shape index (κ1) is 12.0. The van der Waals surface area contributed by atoms with E-state index in [0.29, 0.717) is 12.1 Å². The second-order valence-electron chi connectivity index (χ2n) is 5.88. The minimum absolute atomic E-state index is 0.548. The molecule has 2 nitrogen and oxygen atoms in total. The van der Waals surface area contributed by atoms with Gasteiger partial charge >= 0.3 is 0 Å². The zero-order chi connectivity index (χ0) is 12.5. The zero-order valence-corrected chi connectivity index (χ0v) is 11.4. The van der Waals surface area contributed by atoms with Crippen LogP contribution in [-0.2, 0) is 0 Å². The predicted molar refractivity (Wildman–Crippen MR) is 73.8 cm³/mol. The quantitative estimate of drug-likeness (QED) is 0.827. The maximum atomic E-state index is 5.23. The summed E-state index contributed by atoms with van der Waals surface area (Å²) in [6, 6.07) is 9.80. The Morgan fingerprint density at radius 1 is 1.06 bits per heavy atom. The highest BCUT2D eigenvalue weighted by Gasteiger charge is 2.36. The molecule has 2 saturated carbocycles. The molecule has 0 saturated heterocycles.